The summed E-state index contributed by atoms with van der Waals surface area (Å²) in [5.41, 5.74) is 2.59. The summed E-state index contributed by atoms with van der Waals surface area (Å²) in [7, 11) is 0. The molecular weight excluding hydrogens is 388 g/mol. The molecule has 5 rings (SSSR count). The number of aromatic nitrogens is 4. The molecule has 1 atom stereocenters. The number of carbonyl (C=O) groups is 1. The summed E-state index contributed by atoms with van der Waals surface area (Å²) in [6.07, 6.45) is 4.78. The second-order valence-corrected chi connectivity index (χ2v) is 7.76. The summed E-state index contributed by atoms with van der Waals surface area (Å²) in [4.78, 5) is 23.9. The Morgan fingerprint density at radius 3 is 2.61 bits per heavy atom. The van der Waals surface area contributed by atoms with Crippen molar-refractivity contribution in [3.63, 3.8) is 0 Å². The Kier molecular flexibility index (Phi) is 5.31. The molecule has 1 N–H and O–H groups in total. The van der Waals surface area contributed by atoms with Crippen LogP contribution in [0.15, 0.2) is 73.1 Å². The maximum Gasteiger partial charge on any atom is 0.254 e. The highest BCUT2D eigenvalue weighted by Crippen LogP contribution is 2.28. The quantitative estimate of drug-likeness (QED) is 0.542. The molecule has 1 saturated heterocycles. The van der Waals surface area contributed by atoms with Crippen molar-refractivity contribution in [3.8, 4) is 11.3 Å². The first kappa shape index (κ1) is 19.2. The van der Waals surface area contributed by atoms with Gasteiger partial charge in [-0.2, -0.15) is 14.6 Å². The molecule has 2 aromatic carbocycles. The normalized spacial score (nSPS) is 16.4. The molecule has 3 heterocycles. The van der Waals surface area contributed by atoms with Gasteiger partial charge in [0, 0.05) is 36.3 Å². The van der Waals surface area contributed by atoms with E-state index < -0.39 is 0 Å². The van der Waals surface area contributed by atoms with E-state index in [-0.39, 0.29) is 11.9 Å². The van der Waals surface area contributed by atoms with E-state index in [1.54, 1.807) is 4.52 Å². The van der Waals surface area contributed by atoms with Crippen molar-refractivity contribution in [2.45, 2.75) is 25.3 Å². The van der Waals surface area contributed by atoms with Gasteiger partial charge in [-0.25, -0.2) is 4.98 Å². The van der Waals surface area contributed by atoms with E-state index in [1.165, 1.54) is 6.33 Å². The Labute approximate surface area is 180 Å². The van der Waals surface area contributed by atoms with Crippen LogP contribution >= 0.6 is 0 Å². The molecule has 1 unspecified atom stereocenters. The molecule has 1 aliphatic rings. The predicted octanol–water partition coefficient (Wildman–Crippen LogP) is 3.58. The Hall–Kier alpha value is -3.74. The van der Waals surface area contributed by atoms with Crippen LogP contribution in [0, 0.1) is 0 Å². The van der Waals surface area contributed by atoms with Gasteiger partial charge >= 0.3 is 0 Å². The van der Waals surface area contributed by atoms with Crippen molar-refractivity contribution < 1.29 is 4.79 Å². The van der Waals surface area contributed by atoms with Crippen molar-refractivity contribution in [2.24, 2.45) is 0 Å². The van der Waals surface area contributed by atoms with Crippen LogP contribution < -0.4 is 10.2 Å². The molecule has 31 heavy (non-hydrogen) atoms. The summed E-state index contributed by atoms with van der Waals surface area (Å²) in [5, 5.41) is 7.54. The van der Waals surface area contributed by atoms with Crippen molar-refractivity contribution in [3.05, 3.63) is 78.6 Å². The van der Waals surface area contributed by atoms with Gasteiger partial charge in [-0.3, -0.25) is 4.79 Å². The number of rotatable bonds is 5. The minimum atomic E-state index is -0.0447. The van der Waals surface area contributed by atoms with Crippen LogP contribution in [0.25, 0.3) is 17.0 Å². The number of hydrogen-bond acceptors (Lipinski definition) is 5. The smallest absolute Gasteiger partial charge is 0.254 e. The van der Waals surface area contributed by atoms with Crippen LogP contribution in [0.3, 0.4) is 0 Å². The number of amides is 1. The molecule has 7 heteroatoms. The second-order valence-electron chi connectivity index (χ2n) is 7.76. The molecular formula is C24H24N6O. The summed E-state index contributed by atoms with van der Waals surface area (Å²) >= 11 is 0. The predicted molar refractivity (Wildman–Crippen MR) is 120 cm³/mol. The van der Waals surface area contributed by atoms with Crippen molar-refractivity contribution in [1.82, 2.24) is 24.9 Å². The van der Waals surface area contributed by atoms with Crippen LogP contribution in [0.2, 0.25) is 0 Å². The van der Waals surface area contributed by atoms with Gasteiger partial charge in [0.1, 0.15) is 12.1 Å². The zero-order chi connectivity index (χ0) is 21.0. The van der Waals surface area contributed by atoms with Gasteiger partial charge in [0.25, 0.3) is 11.7 Å². The van der Waals surface area contributed by atoms with Gasteiger partial charge in [-0.1, -0.05) is 48.5 Å². The van der Waals surface area contributed by atoms with Gasteiger partial charge in [0.15, 0.2) is 0 Å². The largest absolute Gasteiger partial charge is 0.352 e. The van der Waals surface area contributed by atoms with Crippen LogP contribution in [0.4, 0.5) is 5.82 Å². The standard InChI is InChI=1S/C24H24N6O/c31-23(19-11-5-2-6-12-19)25-16-20-13-7-8-14-29(20)22-15-21(18-9-3-1-4-10-18)28-24-26-17-27-30(22)24/h1-6,9-12,15,17,20H,7-8,13-14,16H2,(H,25,31). The fraction of sp³-hybridized carbons (Fsp3) is 0.250. The maximum absolute atomic E-state index is 12.6. The topological polar surface area (TPSA) is 75.4 Å². The summed E-state index contributed by atoms with van der Waals surface area (Å²) < 4.78 is 1.80. The maximum atomic E-state index is 12.6. The lowest BCUT2D eigenvalue weighted by Crippen LogP contribution is -2.47. The molecule has 0 spiro atoms. The molecule has 1 fully saturated rings. The zero-order valence-electron chi connectivity index (χ0n) is 17.2. The monoisotopic (exact) mass is 412 g/mol. The second kappa shape index (κ2) is 8.55. The lowest BCUT2D eigenvalue weighted by Gasteiger charge is -2.37. The molecule has 0 radical (unpaired) electrons. The molecule has 2 aromatic heterocycles. The summed E-state index contributed by atoms with van der Waals surface area (Å²) in [5.74, 6) is 1.49. The number of nitrogens with zero attached hydrogens (tertiary/aromatic N) is 5. The van der Waals surface area contributed by atoms with Crippen LogP contribution in [-0.2, 0) is 0 Å². The van der Waals surface area contributed by atoms with Gasteiger partial charge in [0.05, 0.1) is 5.69 Å². The number of carbonyl (C=O) groups excluding carboxylic acids is 1. The van der Waals surface area contributed by atoms with E-state index >= 15 is 0 Å². The number of nitrogens with one attached hydrogen (secondary N) is 1. The Balaban J connectivity index is 1.44. The third-order valence-corrected chi connectivity index (χ3v) is 5.76. The number of anilines is 1. The summed E-state index contributed by atoms with van der Waals surface area (Å²) in [6.45, 7) is 1.48. The first-order chi connectivity index (χ1) is 15.3. The van der Waals surface area contributed by atoms with Crippen molar-refractivity contribution in [1.29, 1.82) is 0 Å². The zero-order valence-corrected chi connectivity index (χ0v) is 17.2. The van der Waals surface area contributed by atoms with Gasteiger partial charge in [0.2, 0.25) is 0 Å². The van der Waals surface area contributed by atoms with Crippen LogP contribution in [0.1, 0.15) is 29.6 Å². The average molecular weight is 412 g/mol. The summed E-state index contributed by atoms with van der Waals surface area (Å²) in [6, 6.07) is 21.7. The highest BCUT2D eigenvalue weighted by atomic mass is 16.1. The average Bonchev–Trinajstić information content (AvgIpc) is 3.32. The highest BCUT2D eigenvalue weighted by molar-refractivity contribution is 5.94. The molecule has 7 nitrogen and oxygen atoms in total. The van der Waals surface area contributed by atoms with E-state index in [0.717, 1.165) is 42.9 Å². The number of fused-ring (bicyclic) bond motifs is 1. The molecule has 156 valence electrons. The van der Waals surface area contributed by atoms with Crippen molar-refractivity contribution in [2.75, 3.05) is 18.0 Å². The SMILES string of the molecule is O=C(NCC1CCCCN1c1cc(-c2ccccc2)nc2ncnn12)c1ccccc1. The minimum absolute atomic E-state index is 0.0447. The van der Waals surface area contributed by atoms with E-state index in [4.69, 9.17) is 4.98 Å². The Morgan fingerprint density at radius 2 is 1.81 bits per heavy atom. The first-order valence-corrected chi connectivity index (χ1v) is 10.7. The van der Waals surface area contributed by atoms with Crippen LogP contribution in [0.5, 0.6) is 0 Å². The Bertz CT molecular complexity index is 1170. The molecule has 1 aliphatic heterocycles. The highest BCUT2D eigenvalue weighted by Gasteiger charge is 2.26. The minimum Gasteiger partial charge on any atom is -0.352 e. The molecule has 0 aliphatic carbocycles. The third kappa shape index (κ3) is 3.99. The molecule has 0 saturated carbocycles. The van der Waals surface area contributed by atoms with Crippen LogP contribution in [-0.4, -0.2) is 44.6 Å². The fourth-order valence-corrected chi connectivity index (χ4v) is 4.17. The fourth-order valence-electron chi connectivity index (χ4n) is 4.17. The third-order valence-electron chi connectivity index (χ3n) is 5.76. The molecule has 0 bridgehead atoms. The van der Waals surface area contributed by atoms with Gasteiger partial charge < -0.3 is 10.2 Å². The lowest BCUT2D eigenvalue weighted by molar-refractivity contribution is 0.0949. The number of hydrogen-bond donors (Lipinski definition) is 1. The van der Waals surface area contributed by atoms with E-state index in [0.29, 0.717) is 17.9 Å². The number of piperidine rings is 1. The van der Waals surface area contributed by atoms with E-state index in [9.17, 15) is 4.79 Å². The molecule has 4 aromatic rings. The molecule has 1 amide bonds. The van der Waals surface area contributed by atoms with Crippen molar-refractivity contribution >= 4 is 17.5 Å². The van der Waals surface area contributed by atoms with E-state index in [1.807, 2.05) is 60.7 Å². The first-order valence-electron chi connectivity index (χ1n) is 10.7. The lowest BCUT2D eigenvalue weighted by atomic mass is 10.0. The number of benzene rings is 2. The Morgan fingerprint density at radius 1 is 1.03 bits per heavy atom. The van der Waals surface area contributed by atoms with Gasteiger partial charge in [-0.05, 0) is 31.4 Å². The van der Waals surface area contributed by atoms with E-state index in [2.05, 4.69) is 26.4 Å². The van der Waals surface area contributed by atoms with Gasteiger partial charge in [-0.15, -0.1) is 0 Å².